The predicted octanol–water partition coefficient (Wildman–Crippen LogP) is 1.72. The van der Waals surface area contributed by atoms with Gasteiger partial charge in [0.1, 0.15) is 5.75 Å². The molecule has 0 unspecified atom stereocenters. The van der Waals surface area contributed by atoms with Crippen molar-refractivity contribution in [2.24, 2.45) is 0 Å². The minimum absolute atomic E-state index is 0.390. The van der Waals surface area contributed by atoms with Gasteiger partial charge in [0.2, 0.25) is 5.69 Å². The number of carbonyl (C=O) groups excluding carboxylic acids is 1. The summed E-state index contributed by atoms with van der Waals surface area (Å²) in [6.07, 6.45) is -3.02. The van der Waals surface area contributed by atoms with Crippen molar-refractivity contribution < 1.29 is 28.0 Å². The molecular weight excluding hydrogens is 254 g/mol. The normalized spacial score (nSPS) is 10.3. The average molecular weight is 262 g/mol. The minimum Gasteiger partial charge on any atom is -0.495 e. The Morgan fingerprint density at radius 1 is 1.50 bits per heavy atom. The molecule has 0 fully saturated rings. The largest absolute Gasteiger partial charge is 0.495 e. The third-order valence-corrected chi connectivity index (χ3v) is 1.99. The summed E-state index contributed by atoms with van der Waals surface area (Å²) in [5.74, 6) is -2.51. The summed E-state index contributed by atoms with van der Waals surface area (Å²) in [5.41, 5.74) is -1.46. The molecule has 0 aliphatic rings. The number of carbonyl (C=O) groups is 1. The van der Waals surface area contributed by atoms with Gasteiger partial charge in [-0.25, -0.2) is 13.6 Å². The Morgan fingerprint density at radius 3 is 2.50 bits per heavy atom. The van der Waals surface area contributed by atoms with Crippen LogP contribution < -0.4 is 4.74 Å². The zero-order valence-electron chi connectivity index (χ0n) is 9.35. The smallest absolute Gasteiger partial charge is 0.382 e. The summed E-state index contributed by atoms with van der Waals surface area (Å²) in [6, 6.07) is 0.754. The molecule has 98 valence electrons. The summed E-state index contributed by atoms with van der Waals surface area (Å²) in [5, 5.41) is 10.7. The third-order valence-electron chi connectivity index (χ3n) is 1.99. The average Bonchev–Trinajstić information content (AvgIpc) is 2.35. The van der Waals surface area contributed by atoms with Gasteiger partial charge in [-0.05, 0) is 9.91 Å². The SMILES string of the molecule is COC(=O)c1c(OC)cc(C(F)F)nc1[N+](=O)[O-]. The number of nitrogens with zero attached hydrogens (tertiary/aromatic N) is 2. The molecule has 0 aliphatic heterocycles. The molecule has 0 aliphatic carbocycles. The fraction of sp³-hybridized carbons (Fsp3) is 0.333. The van der Waals surface area contributed by atoms with Crippen LogP contribution in [0.3, 0.4) is 0 Å². The number of hydrogen-bond acceptors (Lipinski definition) is 6. The van der Waals surface area contributed by atoms with Crippen LogP contribution in [-0.4, -0.2) is 30.1 Å². The van der Waals surface area contributed by atoms with Gasteiger partial charge in [0, 0.05) is 6.07 Å². The number of alkyl halides is 2. The molecule has 1 aromatic rings. The maximum Gasteiger partial charge on any atom is 0.382 e. The van der Waals surface area contributed by atoms with Crippen LogP contribution in [0.1, 0.15) is 22.5 Å². The van der Waals surface area contributed by atoms with E-state index in [0.29, 0.717) is 0 Å². The molecule has 1 aromatic heterocycles. The summed E-state index contributed by atoms with van der Waals surface area (Å²) in [4.78, 5) is 24.1. The second-order valence-electron chi connectivity index (χ2n) is 3.00. The van der Waals surface area contributed by atoms with E-state index in [1.165, 1.54) is 0 Å². The van der Waals surface area contributed by atoms with Gasteiger partial charge in [-0.3, -0.25) is 0 Å². The summed E-state index contributed by atoms with van der Waals surface area (Å²) < 4.78 is 34.0. The van der Waals surface area contributed by atoms with E-state index in [9.17, 15) is 23.7 Å². The van der Waals surface area contributed by atoms with E-state index in [2.05, 4.69) is 14.5 Å². The molecule has 1 heterocycles. The molecule has 9 heteroatoms. The first-order valence-electron chi connectivity index (χ1n) is 4.52. The molecule has 0 atom stereocenters. The van der Waals surface area contributed by atoms with E-state index in [4.69, 9.17) is 0 Å². The van der Waals surface area contributed by atoms with Crippen molar-refractivity contribution in [1.29, 1.82) is 0 Å². The maximum absolute atomic E-state index is 12.5. The van der Waals surface area contributed by atoms with Crippen molar-refractivity contribution in [2.75, 3.05) is 14.2 Å². The summed E-state index contributed by atoms with van der Waals surface area (Å²) in [6.45, 7) is 0. The van der Waals surface area contributed by atoms with Crippen LogP contribution in [0, 0.1) is 10.1 Å². The van der Waals surface area contributed by atoms with Crippen LogP contribution in [0.25, 0.3) is 0 Å². The van der Waals surface area contributed by atoms with E-state index in [0.717, 1.165) is 20.3 Å². The lowest BCUT2D eigenvalue weighted by Gasteiger charge is -2.07. The number of pyridine rings is 1. The molecule has 0 radical (unpaired) electrons. The molecule has 0 N–H and O–H groups in total. The summed E-state index contributed by atoms with van der Waals surface area (Å²) >= 11 is 0. The Bertz CT molecular complexity index is 492. The van der Waals surface area contributed by atoms with Crippen LogP contribution >= 0.6 is 0 Å². The van der Waals surface area contributed by atoms with E-state index in [1.807, 2.05) is 0 Å². The molecule has 0 amide bonds. The molecular formula is C9H8F2N2O5. The van der Waals surface area contributed by atoms with Crippen LogP contribution in [0.15, 0.2) is 6.07 Å². The van der Waals surface area contributed by atoms with E-state index < -0.39 is 34.4 Å². The Hall–Kier alpha value is -2.32. The first-order chi connectivity index (χ1) is 8.42. The predicted molar refractivity (Wildman–Crippen MR) is 53.7 cm³/mol. The molecule has 0 bridgehead atoms. The topological polar surface area (TPSA) is 91.6 Å². The lowest BCUT2D eigenvalue weighted by atomic mass is 10.2. The lowest BCUT2D eigenvalue weighted by Crippen LogP contribution is -2.11. The van der Waals surface area contributed by atoms with Gasteiger partial charge in [0.05, 0.1) is 14.2 Å². The second kappa shape index (κ2) is 5.34. The monoisotopic (exact) mass is 262 g/mol. The highest BCUT2D eigenvalue weighted by Gasteiger charge is 2.32. The number of rotatable bonds is 4. The third kappa shape index (κ3) is 2.50. The number of hydrogen-bond donors (Lipinski definition) is 0. The fourth-order valence-electron chi connectivity index (χ4n) is 1.23. The standard InChI is InChI=1S/C9H8F2N2O5/c1-17-5-3-4(7(10)11)12-8(13(15)16)6(5)9(14)18-2/h3,7H,1-2H3. The second-order valence-corrected chi connectivity index (χ2v) is 3.00. The Kier molecular flexibility index (Phi) is 4.08. The van der Waals surface area contributed by atoms with Crippen LogP contribution in [-0.2, 0) is 4.74 Å². The van der Waals surface area contributed by atoms with Crippen molar-refractivity contribution in [2.45, 2.75) is 6.43 Å². The minimum atomic E-state index is -3.02. The molecule has 18 heavy (non-hydrogen) atoms. The molecule has 0 spiro atoms. The van der Waals surface area contributed by atoms with Gasteiger partial charge in [-0.1, -0.05) is 0 Å². The number of halogens is 2. The van der Waals surface area contributed by atoms with Crippen LogP contribution in [0.4, 0.5) is 14.6 Å². The Labute approximate surface area is 99.5 Å². The number of aromatic nitrogens is 1. The fourth-order valence-corrected chi connectivity index (χ4v) is 1.23. The van der Waals surface area contributed by atoms with Gasteiger partial charge < -0.3 is 19.6 Å². The molecule has 7 nitrogen and oxygen atoms in total. The van der Waals surface area contributed by atoms with E-state index >= 15 is 0 Å². The highest BCUT2D eigenvalue weighted by Crippen LogP contribution is 2.31. The van der Waals surface area contributed by atoms with Crippen molar-refractivity contribution in [1.82, 2.24) is 4.98 Å². The summed E-state index contributed by atoms with van der Waals surface area (Å²) in [7, 11) is 2.08. The first kappa shape index (κ1) is 13.7. The van der Waals surface area contributed by atoms with Gasteiger partial charge in [0.15, 0.2) is 5.56 Å². The quantitative estimate of drug-likeness (QED) is 0.466. The number of ether oxygens (including phenoxy) is 2. The highest BCUT2D eigenvalue weighted by molar-refractivity contribution is 5.96. The van der Waals surface area contributed by atoms with Crippen molar-refractivity contribution in [3.8, 4) is 5.75 Å². The van der Waals surface area contributed by atoms with Crippen LogP contribution in [0.5, 0.6) is 5.75 Å². The van der Waals surface area contributed by atoms with Gasteiger partial charge in [-0.2, -0.15) is 0 Å². The number of methoxy groups -OCH3 is 2. The molecule has 1 rings (SSSR count). The highest BCUT2D eigenvalue weighted by atomic mass is 19.3. The number of nitro groups is 1. The van der Waals surface area contributed by atoms with Crippen LogP contribution in [0.2, 0.25) is 0 Å². The zero-order valence-corrected chi connectivity index (χ0v) is 9.35. The molecule has 0 saturated carbocycles. The van der Waals surface area contributed by atoms with Crippen molar-refractivity contribution >= 4 is 11.8 Å². The Balaban J connectivity index is 3.56. The van der Waals surface area contributed by atoms with Crippen molar-refractivity contribution in [3.05, 3.63) is 27.4 Å². The van der Waals surface area contributed by atoms with E-state index in [-0.39, 0.29) is 5.75 Å². The first-order valence-corrected chi connectivity index (χ1v) is 4.52. The van der Waals surface area contributed by atoms with Gasteiger partial charge >= 0.3 is 18.2 Å². The number of esters is 1. The maximum atomic E-state index is 12.5. The van der Waals surface area contributed by atoms with E-state index in [1.54, 1.807) is 0 Å². The lowest BCUT2D eigenvalue weighted by molar-refractivity contribution is -0.390. The molecule has 0 saturated heterocycles. The molecule has 0 aromatic carbocycles. The zero-order chi connectivity index (χ0) is 13.9. The van der Waals surface area contributed by atoms with Gasteiger partial charge in [0.25, 0.3) is 0 Å². The van der Waals surface area contributed by atoms with Gasteiger partial charge in [-0.15, -0.1) is 0 Å². The van der Waals surface area contributed by atoms with Crippen molar-refractivity contribution in [3.63, 3.8) is 0 Å². The Morgan fingerprint density at radius 2 is 2.11 bits per heavy atom.